The van der Waals surface area contributed by atoms with Gasteiger partial charge in [0.05, 0.1) is 22.4 Å². The topological polar surface area (TPSA) is 95.0 Å². The summed E-state index contributed by atoms with van der Waals surface area (Å²) >= 11 is 1.61. The van der Waals surface area contributed by atoms with Gasteiger partial charge in [0.15, 0.2) is 4.96 Å². The molecule has 0 saturated carbocycles. The molecule has 3 heterocycles. The minimum atomic E-state index is -0.273. The van der Waals surface area contributed by atoms with Gasteiger partial charge in [-0.05, 0) is 38.1 Å². The number of aromatic nitrogens is 4. The number of nitrogens with one attached hydrogen (secondary N) is 3. The number of hydrogen-bond acceptors (Lipinski definition) is 4. The fraction of sp³-hybridized carbons (Fsp3) is 0.118. The molecule has 0 spiro atoms. The molecular weight excluding hydrogens is 338 g/mol. The standard InChI is InChI=1S/C17H15N5O2S/c1-9-8-22-14(10(2)18-17(22)25-9)5-6-15(23)19-11-3-4-12-13(7-11)21-16(24)20-12/h3-8H,1-2H3,(H,19,23)(H2,20,21,24)/b6-5+. The number of thiazole rings is 1. The molecule has 4 aromatic rings. The molecular formula is C17H15N5O2S. The van der Waals surface area contributed by atoms with Gasteiger partial charge in [-0.1, -0.05) is 0 Å². The first-order valence-corrected chi connectivity index (χ1v) is 8.47. The Bertz CT molecular complexity index is 1190. The van der Waals surface area contributed by atoms with Crippen molar-refractivity contribution in [2.45, 2.75) is 13.8 Å². The molecule has 0 unspecified atom stereocenters. The summed E-state index contributed by atoms with van der Waals surface area (Å²) in [5, 5.41) is 2.79. The van der Waals surface area contributed by atoms with Crippen molar-refractivity contribution >= 4 is 45.0 Å². The van der Waals surface area contributed by atoms with Gasteiger partial charge < -0.3 is 15.3 Å². The fourth-order valence-corrected chi connectivity index (χ4v) is 3.61. The third-order valence-corrected chi connectivity index (χ3v) is 4.74. The van der Waals surface area contributed by atoms with E-state index in [0.717, 1.165) is 21.2 Å². The largest absolute Gasteiger partial charge is 0.323 e. The lowest BCUT2D eigenvalue weighted by atomic mass is 10.2. The maximum absolute atomic E-state index is 12.2. The van der Waals surface area contributed by atoms with E-state index in [2.05, 4.69) is 20.3 Å². The first-order valence-electron chi connectivity index (χ1n) is 7.66. The number of carbonyl (C=O) groups is 1. The van der Waals surface area contributed by atoms with Crippen LogP contribution in [0.2, 0.25) is 0 Å². The molecule has 0 saturated heterocycles. The number of aromatic amines is 2. The number of H-pyrrole nitrogens is 2. The third kappa shape index (κ3) is 2.87. The molecule has 25 heavy (non-hydrogen) atoms. The number of fused-ring (bicyclic) bond motifs is 2. The number of carbonyl (C=O) groups excluding carboxylic acids is 1. The molecule has 0 aliphatic heterocycles. The Hall–Kier alpha value is -3.13. The van der Waals surface area contributed by atoms with Crippen molar-refractivity contribution in [3.05, 3.63) is 57.2 Å². The Morgan fingerprint density at radius 3 is 2.92 bits per heavy atom. The molecule has 0 aliphatic carbocycles. The molecule has 3 aromatic heterocycles. The summed E-state index contributed by atoms with van der Waals surface area (Å²) in [6.45, 7) is 3.94. The van der Waals surface area contributed by atoms with Gasteiger partial charge in [0.1, 0.15) is 0 Å². The zero-order valence-corrected chi connectivity index (χ0v) is 14.4. The van der Waals surface area contributed by atoms with E-state index in [-0.39, 0.29) is 11.6 Å². The van der Waals surface area contributed by atoms with E-state index < -0.39 is 0 Å². The third-order valence-electron chi connectivity index (χ3n) is 3.84. The molecule has 1 amide bonds. The van der Waals surface area contributed by atoms with Crippen molar-refractivity contribution < 1.29 is 4.79 Å². The zero-order chi connectivity index (χ0) is 17.6. The van der Waals surface area contributed by atoms with Gasteiger partial charge in [-0.25, -0.2) is 9.78 Å². The maximum Gasteiger partial charge on any atom is 0.323 e. The summed E-state index contributed by atoms with van der Waals surface area (Å²) in [5.74, 6) is -0.251. The monoisotopic (exact) mass is 353 g/mol. The van der Waals surface area contributed by atoms with Crippen molar-refractivity contribution in [2.24, 2.45) is 0 Å². The zero-order valence-electron chi connectivity index (χ0n) is 13.6. The van der Waals surface area contributed by atoms with Gasteiger partial charge in [-0.2, -0.15) is 0 Å². The Labute approximate surface area is 146 Å². The van der Waals surface area contributed by atoms with Gasteiger partial charge >= 0.3 is 5.69 Å². The molecule has 1 aromatic carbocycles. The number of amides is 1. The molecule has 0 atom stereocenters. The Balaban J connectivity index is 1.56. The predicted octanol–water partition coefficient (Wildman–Crippen LogP) is 2.83. The van der Waals surface area contributed by atoms with E-state index >= 15 is 0 Å². The lowest BCUT2D eigenvalue weighted by molar-refractivity contribution is -0.111. The number of anilines is 1. The lowest BCUT2D eigenvalue weighted by Crippen LogP contribution is -2.07. The van der Waals surface area contributed by atoms with Crippen molar-refractivity contribution in [3.8, 4) is 0 Å². The predicted molar refractivity (Wildman–Crippen MR) is 99.1 cm³/mol. The minimum absolute atomic E-state index is 0.251. The molecule has 126 valence electrons. The molecule has 7 nitrogen and oxygen atoms in total. The number of nitrogens with zero attached hydrogens (tertiary/aromatic N) is 2. The highest BCUT2D eigenvalue weighted by atomic mass is 32.1. The van der Waals surface area contributed by atoms with Crippen LogP contribution in [0, 0.1) is 13.8 Å². The number of imidazole rings is 2. The smallest absolute Gasteiger partial charge is 0.322 e. The second kappa shape index (κ2) is 5.75. The molecule has 0 bridgehead atoms. The van der Waals surface area contributed by atoms with Crippen LogP contribution in [0.25, 0.3) is 22.1 Å². The number of rotatable bonds is 3. The summed E-state index contributed by atoms with van der Waals surface area (Å²) < 4.78 is 1.98. The van der Waals surface area contributed by atoms with Crippen LogP contribution >= 0.6 is 11.3 Å². The van der Waals surface area contributed by atoms with E-state index in [1.807, 2.05) is 24.4 Å². The van der Waals surface area contributed by atoms with Crippen molar-refractivity contribution in [1.82, 2.24) is 19.4 Å². The molecule has 4 rings (SSSR count). The maximum atomic E-state index is 12.2. The molecule has 0 aliphatic rings. The van der Waals surface area contributed by atoms with Crippen LogP contribution in [-0.2, 0) is 4.79 Å². The Morgan fingerprint density at radius 2 is 2.08 bits per heavy atom. The van der Waals surface area contributed by atoms with Gasteiger partial charge in [0.2, 0.25) is 5.91 Å². The van der Waals surface area contributed by atoms with Crippen LogP contribution < -0.4 is 11.0 Å². The average Bonchev–Trinajstić information content (AvgIpc) is 3.16. The van der Waals surface area contributed by atoms with Crippen molar-refractivity contribution in [3.63, 3.8) is 0 Å². The highest BCUT2D eigenvalue weighted by Crippen LogP contribution is 2.21. The van der Waals surface area contributed by atoms with Crippen LogP contribution in [-0.4, -0.2) is 25.3 Å². The minimum Gasteiger partial charge on any atom is -0.322 e. The van der Waals surface area contributed by atoms with Gasteiger partial charge in [-0.3, -0.25) is 9.20 Å². The van der Waals surface area contributed by atoms with E-state index in [9.17, 15) is 9.59 Å². The summed E-state index contributed by atoms with van der Waals surface area (Å²) in [6.07, 6.45) is 5.24. The van der Waals surface area contributed by atoms with Gasteiger partial charge in [0, 0.05) is 22.8 Å². The SMILES string of the molecule is Cc1cn2c(/C=C/C(=O)Nc3ccc4[nH]c(=O)[nH]c4c3)c(C)nc2s1. The number of aryl methyl sites for hydroxylation is 2. The molecule has 3 N–H and O–H groups in total. The van der Waals surface area contributed by atoms with Gasteiger partial charge in [-0.15, -0.1) is 11.3 Å². The fourth-order valence-electron chi connectivity index (χ4n) is 2.73. The summed E-state index contributed by atoms with van der Waals surface area (Å²) in [4.78, 5) is 35.4. The summed E-state index contributed by atoms with van der Waals surface area (Å²) in [7, 11) is 0. The van der Waals surface area contributed by atoms with E-state index in [4.69, 9.17) is 0 Å². The molecule has 8 heteroatoms. The summed E-state index contributed by atoms with van der Waals surface area (Å²) in [6, 6.07) is 5.19. The first kappa shape index (κ1) is 15.4. The van der Waals surface area contributed by atoms with Crippen LogP contribution in [0.5, 0.6) is 0 Å². The Kier molecular flexibility index (Phi) is 3.54. The van der Waals surface area contributed by atoms with Crippen LogP contribution in [0.1, 0.15) is 16.3 Å². The lowest BCUT2D eigenvalue weighted by Gasteiger charge is -2.02. The highest BCUT2D eigenvalue weighted by molar-refractivity contribution is 7.17. The highest BCUT2D eigenvalue weighted by Gasteiger charge is 2.09. The average molecular weight is 353 g/mol. The second-order valence-corrected chi connectivity index (χ2v) is 6.95. The van der Waals surface area contributed by atoms with Crippen LogP contribution in [0.15, 0.2) is 35.3 Å². The van der Waals surface area contributed by atoms with Crippen LogP contribution in [0.3, 0.4) is 0 Å². The number of hydrogen-bond donors (Lipinski definition) is 3. The van der Waals surface area contributed by atoms with Crippen molar-refractivity contribution in [1.29, 1.82) is 0 Å². The van der Waals surface area contributed by atoms with Crippen LogP contribution in [0.4, 0.5) is 5.69 Å². The molecule has 0 fully saturated rings. The second-order valence-electron chi connectivity index (χ2n) is 5.74. The number of benzene rings is 1. The van der Waals surface area contributed by atoms with E-state index in [0.29, 0.717) is 16.7 Å². The Morgan fingerprint density at radius 1 is 1.28 bits per heavy atom. The van der Waals surface area contributed by atoms with E-state index in [1.54, 1.807) is 35.6 Å². The normalized spacial score (nSPS) is 11.8. The van der Waals surface area contributed by atoms with E-state index in [1.165, 1.54) is 6.08 Å². The van der Waals surface area contributed by atoms with Gasteiger partial charge in [0.25, 0.3) is 0 Å². The quantitative estimate of drug-likeness (QED) is 0.494. The summed E-state index contributed by atoms with van der Waals surface area (Å²) in [5.41, 5.74) is 3.45. The molecule has 0 radical (unpaired) electrons. The first-order chi connectivity index (χ1) is 12.0. The van der Waals surface area contributed by atoms with Crippen molar-refractivity contribution in [2.75, 3.05) is 5.32 Å².